The number of nitrogens with one attached hydrogen (secondary N) is 2. The summed E-state index contributed by atoms with van der Waals surface area (Å²) in [5.74, 6) is 0.346. The topological polar surface area (TPSA) is 79.4 Å². The van der Waals surface area contributed by atoms with E-state index in [1.807, 2.05) is 60.7 Å². The van der Waals surface area contributed by atoms with Crippen LogP contribution in [0.2, 0.25) is 10.0 Å². The molecule has 6 nitrogen and oxygen atoms in total. The predicted molar refractivity (Wildman–Crippen MR) is 131 cm³/mol. The lowest BCUT2D eigenvalue weighted by Gasteiger charge is -2.07. The zero-order valence-corrected chi connectivity index (χ0v) is 19.2. The number of aromatic amines is 1. The number of hydrazone groups is 1. The van der Waals surface area contributed by atoms with Gasteiger partial charge in [-0.2, -0.15) is 10.2 Å². The van der Waals surface area contributed by atoms with E-state index in [4.69, 9.17) is 27.9 Å². The van der Waals surface area contributed by atoms with Crippen LogP contribution in [0.5, 0.6) is 5.75 Å². The van der Waals surface area contributed by atoms with Crippen LogP contribution in [0.1, 0.15) is 28.5 Å². The Labute approximate surface area is 201 Å². The zero-order chi connectivity index (χ0) is 23.2. The van der Waals surface area contributed by atoms with E-state index in [1.54, 1.807) is 25.1 Å². The number of benzene rings is 3. The lowest BCUT2D eigenvalue weighted by atomic mass is 10.1. The maximum Gasteiger partial charge on any atom is 0.289 e. The number of halogens is 2. The number of carbonyl (C=O) groups is 1. The normalized spacial score (nSPS) is 11.3. The lowest BCUT2D eigenvalue weighted by Crippen LogP contribution is -2.19. The predicted octanol–water partition coefficient (Wildman–Crippen LogP) is 6.12. The largest absolute Gasteiger partial charge is 0.489 e. The highest BCUT2D eigenvalue weighted by atomic mass is 35.5. The Kier molecular flexibility index (Phi) is 7.07. The van der Waals surface area contributed by atoms with Crippen LogP contribution in [-0.2, 0) is 6.61 Å². The Balaban J connectivity index is 1.36. The molecular formula is C25H20Cl2N4O2. The first-order valence-electron chi connectivity index (χ1n) is 10.1. The Hall–Kier alpha value is -3.61. The molecule has 0 aliphatic carbocycles. The average molecular weight is 479 g/mol. The second kappa shape index (κ2) is 10.3. The molecular weight excluding hydrogens is 459 g/mol. The molecule has 4 aromatic rings. The molecule has 4 rings (SSSR count). The Morgan fingerprint density at radius 1 is 0.970 bits per heavy atom. The van der Waals surface area contributed by atoms with Gasteiger partial charge in [-0.15, -0.1) is 0 Å². The average Bonchev–Trinajstić information content (AvgIpc) is 3.33. The number of amides is 1. The van der Waals surface area contributed by atoms with Crippen LogP contribution in [-0.4, -0.2) is 21.8 Å². The van der Waals surface area contributed by atoms with E-state index in [1.165, 1.54) is 0 Å². The van der Waals surface area contributed by atoms with Crippen molar-refractivity contribution in [2.24, 2.45) is 5.10 Å². The van der Waals surface area contributed by atoms with Crippen LogP contribution in [0, 0.1) is 0 Å². The molecule has 0 fully saturated rings. The van der Waals surface area contributed by atoms with Crippen LogP contribution in [0.3, 0.4) is 0 Å². The van der Waals surface area contributed by atoms with Gasteiger partial charge in [0, 0.05) is 15.6 Å². The highest BCUT2D eigenvalue weighted by Crippen LogP contribution is 2.22. The van der Waals surface area contributed by atoms with Gasteiger partial charge in [-0.25, -0.2) is 5.43 Å². The third kappa shape index (κ3) is 6.00. The van der Waals surface area contributed by atoms with Crippen LogP contribution in [0.15, 0.2) is 84.0 Å². The summed E-state index contributed by atoms with van der Waals surface area (Å²) in [6.45, 7) is 2.25. The van der Waals surface area contributed by atoms with Gasteiger partial charge in [0.05, 0.1) is 11.4 Å². The molecule has 1 heterocycles. The Morgan fingerprint density at radius 3 is 2.27 bits per heavy atom. The van der Waals surface area contributed by atoms with Gasteiger partial charge in [0.25, 0.3) is 5.91 Å². The first-order valence-corrected chi connectivity index (χ1v) is 10.9. The van der Waals surface area contributed by atoms with Crippen molar-refractivity contribution in [2.75, 3.05) is 0 Å². The van der Waals surface area contributed by atoms with Crippen LogP contribution in [0.25, 0.3) is 11.3 Å². The second-order valence-electron chi connectivity index (χ2n) is 7.25. The van der Waals surface area contributed by atoms with Gasteiger partial charge in [0.15, 0.2) is 0 Å². The Morgan fingerprint density at radius 2 is 1.61 bits per heavy atom. The summed E-state index contributed by atoms with van der Waals surface area (Å²) in [5.41, 5.74) is 6.89. The minimum atomic E-state index is -0.384. The number of H-pyrrole nitrogens is 1. The fourth-order valence-corrected chi connectivity index (χ4v) is 3.26. The van der Waals surface area contributed by atoms with E-state index in [0.29, 0.717) is 33.8 Å². The van der Waals surface area contributed by atoms with Crippen LogP contribution >= 0.6 is 23.2 Å². The molecule has 0 atom stereocenters. The lowest BCUT2D eigenvalue weighted by molar-refractivity contribution is 0.0950. The molecule has 0 aliphatic heterocycles. The first kappa shape index (κ1) is 22.6. The highest BCUT2D eigenvalue weighted by molar-refractivity contribution is 6.30. The van der Waals surface area contributed by atoms with E-state index >= 15 is 0 Å². The Bertz CT molecular complexity index is 1270. The van der Waals surface area contributed by atoms with E-state index in [-0.39, 0.29) is 5.91 Å². The summed E-state index contributed by atoms with van der Waals surface area (Å²) >= 11 is 11.8. The summed E-state index contributed by atoms with van der Waals surface area (Å²) in [5, 5.41) is 12.5. The fourth-order valence-electron chi connectivity index (χ4n) is 3.01. The maximum absolute atomic E-state index is 12.4. The highest BCUT2D eigenvalue weighted by Gasteiger charge is 2.11. The fraction of sp³-hybridized carbons (Fsp3) is 0.0800. The molecule has 1 amide bonds. The molecule has 166 valence electrons. The van der Waals surface area contributed by atoms with Crippen LogP contribution < -0.4 is 10.2 Å². The maximum atomic E-state index is 12.4. The van der Waals surface area contributed by atoms with Crippen molar-refractivity contribution < 1.29 is 9.53 Å². The first-order chi connectivity index (χ1) is 16.0. The van der Waals surface area contributed by atoms with E-state index in [2.05, 4.69) is 20.7 Å². The number of rotatable bonds is 7. The quantitative estimate of drug-likeness (QED) is 0.248. The van der Waals surface area contributed by atoms with Gasteiger partial charge in [-0.05, 0) is 72.6 Å². The molecule has 0 saturated heterocycles. The summed E-state index contributed by atoms with van der Waals surface area (Å²) in [4.78, 5) is 12.4. The van der Waals surface area contributed by atoms with Crippen molar-refractivity contribution in [1.82, 2.24) is 15.6 Å². The molecule has 33 heavy (non-hydrogen) atoms. The van der Waals surface area contributed by atoms with Gasteiger partial charge < -0.3 is 4.74 Å². The summed E-state index contributed by atoms with van der Waals surface area (Å²) in [7, 11) is 0. The second-order valence-corrected chi connectivity index (χ2v) is 8.12. The molecule has 0 bridgehead atoms. The van der Waals surface area contributed by atoms with Gasteiger partial charge in [0.1, 0.15) is 18.1 Å². The van der Waals surface area contributed by atoms with Crippen molar-refractivity contribution >= 4 is 34.8 Å². The minimum absolute atomic E-state index is 0.306. The van der Waals surface area contributed by atoms with Crippen molar-refractivity contribution in [1.29, 1.82) is 0 Å². The molecule has 0 unspecified atom stereocenters. The summed E-state index contributed by atoms with van der Waals surface area (Å²) in [6, 6.07) is 23.9. The summed E-state index contributed by atoms with van der Waals surface area (Å²) in [6.07, 6.45) is 0. The molecule has 0 radical (unpaired) electrons. The number of carbonyl (C=O) groups excluding carboxylic acids is 1. The van der Waals surface area contributed by atoms with Gasteiger partial charge >= 0.3 is 0 Å². The van der Waals surface area contributed by atoms with Crippen LogP contribution in [0.4, 0.5) is 0 Å². The smallest absolute Gasteiger partial charge is 0.289 e. The molecule has 0 aliphatic rings. The molecule has 1 aromatic heterocycles. The van der Waals surface area contributed by atoms with Crippen molar-refractivity contribution in [3.8, 4) is 17.0 Å². The SMILES string of the molecule is CC(=NNC(=O)c1cc(-c2ccc(OCc3ccc(Cl)cc3)cc2)n[nH]1)c1ccc(Cl)cc1. The number of hydrogen-bond donors (Lipinski definition) is 2. The molecule has 3 aromatic carbocycles. The van der Waals surface area contributed by atoms with Crippen molar-refractivity contribution in [2.45, 2.75) is 13.5 Å². The monoisotopic (exact) mass is 478 g/mol. The van der Waals surface area contributed by atoms with E-state index in [0.717, 1.165) is 22.4 Å². The molecule has 2 N–H and O–H groups in total. The summed E-state index contributed by atoms with van der Waals surface area (Å²) < 4.78 is 5.81. The molecule has 8 heteroatoms. The standard InChI is InChI=1S/C25H20Cl2N4O2/c1-16(18-4-10-21(27)11-5-18)28-31-25(32)24-14-23(29-30-24)19-6-12-22(13-7-19)33-15-17-2-8-20(26)9-3-17/h2-14H,15H2,1H3,(H,29,30)(H,31,32). The minimum Gasteiger partial charge on any atom is -0.489 e. The molecule has 0 spiro atoms. The zero-order valence-electron chi connectivity index (χ0n) is 17.7. The number of ether oxygens (including phenoxy) is 1. The molecule has 0 saturated carbocycles. The van der Waals surface area contributed by atoms with Gasteiger partial charge in [-0.1, -0.05) is 47.5 Å². The van der Waals surface area contributed by atoms with Gasteiger partial charge in [-0.3, -0.25) is 9.89 Å². The van der Waals surface area contributed by atoms with E-state index in [9.17, 15) is 4.79 Å². The third-order valence-corrected chi connectivity index (χ3v) is 5.38. The third-order valence-electron chi connectivity index (χ3n) is 4.88. The number of aromatic nitrogens is 2. The number of nitrogens with zero attached hydrogens (tertiary/aromatic N) is 2. The number of hydrogen-bond acceptors (Lipinski definition) is 4. The van der Waals surface area contributed by atoms with Crippen molar-refractivity contribution in [3.05, 3.63) is 106 Å². The van der Waals surface area contributed by atoms with E-state index < -0.39 is 0 Å². The van der Waals surface area contributed by atoms with Crippen molar-refractivity contribution in [3.63, 3.8) is 0 Å². The van der Waals surface area contributed by atoms with Gasteiger partial charge in [0.2, 0.25) is 0 Å².